The Morgan fingerprint density at radius 3 is 2.57 bits per heavy atom. The van der Waals surface area contributed by atoms with Gasteiger partial charge in [-0.1, -0.05) is 24.4 Å². The lowest BCUT2D eigenvalue weighted by Crippen LogP contribution is -2.39. The lowest BCUT2D eigenvalue weighted by molar-refractivity contribution is 0.0186. The fraction of sp³-hybridized carbons (Fsp3) is 0.818. The highest BCUT2D eigenvalue weighted by atomic mass is 35.5. The quantitative estimate of drug-likeness (QED) is 0.782. The highest BCUT2D eigenvalue weighted by Gasteiger charge is 2.31. The number of hydrogen-bond acceptors (Lipinski definition) is 2. The number of nitrogens with zero attached hydrogens (tertiary/aromatic N) is 1. The van der Waals surface area contributed by atoms with Gasteiger partial charge < -0.3 is 5.11 Å². The van der Waals surface area contributed by atoms with Crippen molar-refractivity contribution in [3.63, 3.8) is 0 Å². The Labute approximate surface area is 91.6 Å². The first-order chi connectivity index (χ1) is 6.56. The van der Waals surface area contributed by atoms with Crippen LogP contribution in [0.3, 0.4) is 0 Å². The molecule has 14 heavy (non-hydrogen) atoms. The van der Waals surface area contributed by atoms with E-state index in [-0.39, 0.29) is 0 Å². The van der Waals surface area contributed by atoms with E-state index in [0.29, 0.717) is 0 Å². The number of likely N-dealkylation sites (N-methyl/N-ethyl adjacent to an activating group) is 1. The summed E-state index contributed by atoms with van der Waals surface area (Å²) in [6.45, 7) is 3.60. The summed E-state index contributed by atoms with van der Waals surface area (Å²) in [5.41, 5.74) is 2.30. The second-order valence-corrected chi connectivity index (χ2v) is 4.78. The maximum Gasteiger partial charge on any atom is 0.0774 e. The fourth-order valence-electron chi connectivity index (χ4n) is 2.21. The second kappa shape index (κ2) is 5.15. The van der Waals surface area contributed by atoms with Gasteiger partial charge in [0.1, 0.15) is 0 Å². The largest absolute Gasteiger partial charge is 0.389 e. The van der Waals surface area contributed by atoms with Gasteiger partial charge in [-0.2, -0.15) is 0 Å². The molecule has 0 unspecified atom stereocenters. The normalized spacial score (nSPS) is 21.9. The first kappa shape index (κ1) is 12.0. The molecule has 0 aromatic carbocycles. The lowest BCUT2D eigenvalue weighted by Gasteiger charge is -2.28. The van der Waals surface area contributed by atoms with Crippen molar-refractivity contribution in [1.29, 1.82) is 0 Å². The molecule has 82 valence electrons. The molecule has 0 aromatic rings. The third-order valence-corrected chi connectivity index (χ3v) is 3.18. The van der Waals surface area contributed by atoms with E-state index >= 15 is 0 Å². The zero-order valence-electron chi connectivity index (χ0n) is 9.09. The summed E-state index contributed by atoms with van der Waals surface area (Å²) in [4.78, 5) is 2.14. The molecule has 1 N–H and O–H groups in total. The molecule has 0 amide bonds. The maximum absolute atomic E-state index is 10.2. The standard InChI is InChI=1S/C11H20ClNO/c1-10(7-12)8-13(2)9-11(14)5-3-4-6-11/h7,14H,3-6,8-9H2,1-2H3. The summed E-state index contributed by atoms with van der Waals surface area (Å²) in [5, 5.41) is 10.2. The molecule has 0 radical (unpaired) electrons. The third kappa shape index (κ3) is 3.60. The van der Waals surface area contributed by atoms with Crippen molar-refractivity contribution >= 4 is 11.6 Å². The Morgan fingerprint density at radius 1 is 1.50 bits per heavy atom. The fourth-order valence-corrected chi connectivity index (χ4v) is 2.28. The van der Waals surface area contributed by atoms with Crippen LogP contribution in [0.5, 0.6) is 0 Å². The van der Waals surface area contributed by atoms with Gasteiger partial charge in [-0.15, -0.1) is 0 Å². The van der Waals surface area contributed by atoms with Crippen LogP contribution in [-0.2, 0) is 0 Å². The van der Waals surface area contributed by atoms with Gasteiger partial charge in [0.05, 0.1) is 5.60 Å². The van der Waals surface area contributed by atoms with Crippen LogP contribution in [0, 0.1) is 0 Å². The Morgan fingerprint density at radius 2 is 2.07 bits per heavy atom. The Bertz CT molecular complexity index is 209. The molecule has 1 aliphatic carbocycles. The minimum atomic E-state index is -0.443. The summed E-state index contributed by atoms with van der Waals surface area (Å²) in [6.07, 6.45) is 4.21. The highest BCUT2D eigenvalue weighted by Crippen LogP contribution is 2.29. The van der Waals surface area contributed by atoms with Crippen LogP contribution in [0.4, 0.5) is 0 Å². The van der Waals surface area contributed by atoms with Gasteiger partial charge >= 0.3 is 0 Å². The molecule has 2 nitrogen and oxygen atoms in total. The topological polar surface area (TPSA) is 23.5 Å². The van der Waals surface area contributed by atoms with Crippen LogP contribution in [0.25, 0.3) is 0 Å². The van der Waals surface area contributed by atoms with E-state index in [1.165, 1.54) is 0 Å². The van der Waals surface area contributed by atoms with Crippen LogP contribution in [0.2, 0.25) is 0 Å². The molecule has 0 aromatic heterocycles. The first-order valence-electron chi connectivity index (χ1n) is 5.22. The Hall–Kier alpha value is -0.0500. The SMILES string of the molecule is CC(=CCl)CN(C)CC1(O)CCCC1. The molecule has 0 atom stereocenters. The van der Waals surface area contributed by atoms with Crippen LogP contribution >= 0.6 is 11.6 Å². The molecule has 1 saturated carbocycles. The summed E-state index contributed by atoms with van der Waals surface area (Å²) in [7, 11) is 2.03. The van der Waals surface area contributed by atoms with Gasteiger partial charge in [-0.25, -0.2) is 0 Å². The third-order valence-electron chi connectivity index (χ3n) is 2.80. The summed E-state index contributed by atoms with van der Waals surface area (Å²) < 4.78 is 0. The smallest absolute Gasteiger partial charge is 0.0774 e. The van der Waals surface area contributed by atoms with Gasteiger partial charge in [0.2, 0.25) is 0 Å². The van der Waals surface area contributed by atoms with Crippen molar-refractivity contribution in [3.05, 3.63) is 11.1 Å². The monoisotopic (exact) mass is 217 g/mol. The van der Waals surface area contributed by atoms with Gasteiger partial charge in [0.25, 0.3) is 0 Å². The van der Waals surface area contributed by atoms with Crippen LogP contribution in [0.15, 0.2) is 11.1 Å². The van der Waals surface area contributed by atoms with E-state index in [2.05, 4.69) is 4.90 Å². The molecule has 0 spiro atoms. The molecule has 1 fully saturated rings. The molecular formula is C11H20ClNO. The molecule has 0 aliphatic heterocycles. The van der Waals surface area contributed by atoms with E-state index in [9.17, 15) is 5.11 Å². The molecule has 0 saturated heterocycles. The zero-order valence-corrected chi connectivity index (χ0v) is 9.85. The predicted octanol–water partition coefficient (Wildman–Crippen LogP) is 2.37. The van der Waals surface area contributed by atoms with Crippen molar-refractivity contribution in [1.82, 2.24) is 4.90 Å². The predicted molar refractivity (Wildman–Crippen MR) is 60.5 cm³/mol. The molecule has 0 heterocycles. The van der Waals surface area contributed by atoms with Gasteiger partial charge in [0, 0.05) is 18.6 Å². The van der Waals surface area contributed by atoms with E-state index in [4.69, 9.17) is 11.6 Å². The molecular weight excluding hydrogens is 198 g/mol. The van der Waals surface area contributed by atoms with Gasteiger partial charge in [0.15, 0.2) is 0 Å². The van der Waals surface area contributed by atoms with Crippen molar-refractivity contribution in [2.45, 2.75) is 38.2 Å². The van der Waals surface area contributed by atoms with Crippen molar-refractivity contribution < 1.29 is 5.11 Å². The van der Waals surface area contributed by atoms with Gasteiger partial charge in [-0.05, 0) is 32.4 Å². The average molecular weight is 218 g/mol. The lowest BCUT2D eigenvalue weighted by atomic mass is 10.0. The summed E-state index contributed by atoms with van der Waals surface area (Å²) >= 11 is 5.60. The Balaban J connectivity index is 2.36. The van der Waals surface area contributed by atoms with E-state index in [0.717, 1.165) is 44.3 Å². The van der Waals surface area contributed by atoms with E-state index in [1.807, 2.05) is 14.0 Å². The van der Waals surface area contributed by atoms with Crippen molar-refractivity contribution in [2.24, 2.45) is 0 Å². The van der Waals surface area contributed by atoms with Crippen LogP contribution in [0.1, 0.15) is 32.6 Å². The van der Waals surface area contributed by atoms with Gasteiger partial charge in [-0.3, -0.25) is 4.90 Å². The average Bonchev–Trinajstić information content (AvgIpc) is 2.51. The van der Waals surface area contributed by atoms with Crippen molar-refractivity contribution in [3.8, 4) is 0 Å². The summed E-state index contributed by atoms with van der Waals surface area (Å²) in [6, 6.07) is 0. The minimum absolute atomic E-state index is 0.443. The van der Waals surface area contributed by atoms with E-state index in [1.54, 1.807) is 5.54 Å². The summed E-state index contributed by atoms with van der Waals surface area (Å²) in [5.74, 6) is 0. The number of hydrogen-bond donors (Lipinski definition) is 1. The minimum Gasteiger partial charge on any atom is -0.389 e. The zero-order chi connectivity index (χ0) is 10.6. The first-order valence-corrected chi connectivity index (χ1v) is 5.66. The Kier molecular flexibility index (Phi) is 4.42. The molecule has 1 aliphatic rings. The molecule has 0 bridgehead atoms. The van der Waals surface area contributed by atoms with Crippen LogP contribution in [-0.4, -0.2) is 35.7 Å². The second-order valence-electron chi connectivity index (χ2n) is 4.56. The highest BCUT2D eigenvalue weighted by molar-refractivity contribution is 6.25. The number of aliphatic hydroxyl groups is 1. The molecule has 1 rings (SSSR count). The number of rotatable bonds is 4. The van der Waals surface area contributed by atoms with E-state index < -0.39 is 5.60 Å². The van der Waals surface area contributed by atoms with Crippen LogP contribution < -0.4 is 0 Å². The number of halogens is 1. The van der Waals surface area contributed by atoms with Crippen molar-refractivity contribution in [2.75, 3.05) is 20.1 Å². The molecule has 3 heteroatoms. The maximum atomic E-state index is 10.2.